The van der Waals surface area contributed by atoms with Crippen LogP contribution in [0.15, 0.2) is 44.6 Å². The summed E-state index contributed by atoms with van der Waals surface area (Å²) in [5.41, 5.74) is -2.16. The van der Waals surface area contributed by atoms with Crippen molar-refractivity contribution in [2.24, 2.45) is 0 Å². The van der Waals surface area contributed by atoms with Gasteiger partial charge in [-0.25, -0.2) is 13.9 Å². The lowest BCUT2D eigenvalue weighted by atomic mass is 10.1. The summed E-state index contributed by atoms with van der Waals surface area (Å²) in [5.74, 6) is -0.620. The predicted octanol–water partition coefficient (Wildman–Crippen LogP) is -0.0564. The van der Waals surface area contributed by atoms with Gasteiger partial charge in [0.1, 0.15) is 29.8 Å². The Morgan fingerprint density at radius 3 is 2.42 bits per heavy atom. The van der Waals surface area contributed by atoms with E-state index in [-0.39, 0.29) is 16.7 Å². The van der Waals surface area contributed by atoms with Crippen molar-refractivity contribution in [2.75, 3.05) is 6.61 Å². The van der Waals surface area contributed by atoms with Crippen LogP contribution in [-0.2, 0) is 29.2 Å². The van der Waals surface area contributed by atoms with E-state index >= 15 is 0 Å². The fourth-order valence-electron chi connectivity index (χ4n) is 3.72. The minimum Gasteiger partial charge on any atom is -0.406 e. The third-order valence-electron chi connectivity index (χ3n) is 5.38. The van der Waals surface area contributed by atoms with Gasteiger partial charge in [0.05, 0.1) is 18.5 Å². The molecule has 1 fully saturated rings. The smallest absolute Gasteiger partial charge is 0.406 e. The quantitative estimate of drug-likeness (QED) is 0.197. The van der Waals surface area contributed by atoms with Gasteiger partial charge in [0.2, 0.25) is 0 Å². The number of aliphatic hydroxyl groups excluding tert-OH is 2. The van der Waals surface area contributed by atoms with Crippen LogP contribution < -0.4 is 16.0 Å². The first kappa shape index (κ1) is 30.1. The molecule has 17 nitrogen and oxygen atoms in total. The van der Waals surface area contributed by atoms with E-state index in [1.54, 1.807) is 0 Å². The molecule has 4 rings (SSSR count). The van der Waals surface area contributed by atoms with Crippen molar-refractivity contribution in [3.63, 3.8) is 0 Å². The second-order valence-corrected chi connectivity index (χ2v) is 11.0. The Hall–Kier alpha value is -2.90. The predicted molar refractivity (Wildman–Crippen MR) is 120 cm³/mol. The molecular weight excluding hydrogens is 601 g/mol. The molecule has 5 N–H and O–H groups in total. The summed E-state index contributed by atoms with van der Waals surface area (Å²) in [7, 11) is -10.8. The highest BCUT2D eigenvalue weighted by atomic mass is 31.3. The summed E-state index contributed by atoms with van der Waals surface area (Å²) < 4.78 is 83.6. The van der Waals surface area contributed by atoms with Gasteiger partial charge in [0, 0.05) is 12.3 Å². The van der Waals surface area contributed by atoms with Crippen molar-refractivity contribution in [3.05, 3.63) is 57.0 Å². The van der Waals surface area contributed by atoms with E-state index in [2.05, 4.69) is 18.7 Å². The Morgan fingerprint density at radius 2 is 1.77 bits per heavy atom. The molecule has 0 amide bonds. The maximum Gasteiger partial charge on any atom is 0.573 e. The summed E-state index contributed by atoms with van der Waals surface area (Å²) in [6, 6.07) is 3.89. The van der Waals surface area contributed by atoms with Crippen LogP contribution in [0, 0.1) is 0 Å². The van der Waals surface area contributed by atoms with E-state index in [1.165, 1.54) is 0 Å². The van der Waals surface area contributed by atoms with E-state index in [0.29, 0.717) is 9.13 Å². The lowest BCUT2D eigenvalue weighted by molar-refractivity contribution is -0.274. The van der Waals surface area contributed by atoms with Crippen molar-refractivity contribution in [1.29, 1.82) is 0 Å². The molecule has 1 aromatic carbocycles. The summed E-state index contributed by atoms with van der Waals surface area (Å²) in [5, 5.41) is 24.3. The van der Waals surface area contributed by atoms with Crippen LogP contribution in [0.2, 0.25) is 0 Å². The van der Waals surface area contributed by atoms with E-state index in [0.717, 1.165) is 30.5 Å². The fourth-order valence-corrected chi connectivity index (χ4v) is 5.32. The maximum absolute atomic E-state index is 13.1. The Morgan fingerprint density at radius 1 is 1.07 bits per heavy atom. The van der Waals surface area contributed by atoms with Crippen LogP contribution in [0.3, 0.4) is 0 Å². The number of hydrogen-bond donors (Lipinski definition) is 5. The van der Waals surface area contributed by atoms with Crippen molar-refractivity contribution < 1.29 is 70.0 Å². The topological polar surface area (TPSA) is 242 Å². The molecular formula is C18H18F3N3O14P2. The number of phosphoric acid groups is 2. The lowest BCUT2D eigenvalue weighted by Crippen LogP contribution is -2.43. The zero-order valence-corrected chi connectivity index (χ0v) is 21.2. The molecule has 3 heterocycles. The summed E-state index contributed by atoms with van der Waals surface area (Å²) in [6.07, 6.45) is -11.2. The SMILES string of the molecule is O=c1ccn([C@@H]2O[C@H](COP(=O)(O)OP(=O)(O)O)[C@H](O)[C@@H]2O)c(=O)n1Cc1noc2ccc(OC(F)(F)F)cc12. The normalized spacial score (nSPS) is 23.4. The molecule has 2 aromatic heterocycles. The van der Waals surface area contributed by atoms with Gasteiger partial charge in [0.25, 0.3) is 5.56 Å². The van der Waals surface area contributed by atoms with Gasteiger partial charge in [-0.05, 0) is 18.2 Å². The number of ether oxygens (including phenoxy) is 2. The average Bonchev–Trinajstić information content (AvgIpc) is 3.33. The standard InChI is InChI=1S/C18H18F3N3O14P2/c19-18(20,21)36-8-1-2-11-9(5-8)10(22-37-11)6-24-13(25)3-4-23(17(24)28)16-15(27)14(26)12(35-16)7-34-40(32,33)38-39(29,30)31/h1-5,12,14-16,26-27H,6-7H2,(H,32,33)(H2,29,30,31)/t12-,14+,15+,16-/m1/s1. The molecule has 0 spiro atoms. The largest absolute Gasteiger partial charge is 0.573 e. The van der Waals surface area contributed by atoms with Crippen LogP contribution in [0.25, 0.3) is 11.0 Å². The lowest BCUT2D eigenvalue weighted by Gasteiger charge is -2.19. The van der Waals surface area contributed by atoms with Gasteiger partial charge in [-0.3, -0.25) is 18.5 Å². The van der Waals surface area contributed by atoms with E-state index in [1.807, 2.05) is 0 Å². The number of nitrogens with zero attached hydrogens (tertiary/aromatic N) is 3. The highest BCUT2D eigenvalue weighted by Gasteiger charge is 2.46. The van der Waals surface area contributed by atoms with Crippen molar-refractivity contribution in [1.82, 2.24) is 14.3 Å². The third kappa shape index (κ3) is 6.87. The first-order valence-corrected chi connectivity index (χ1v) is 13.7. The minimum atomic E-state index is -5.44. The summed E-state index contributed by atoms with van der Waals surface area (Å²) in [4.78, 5) is 52.3. The second-order valence-electron chi connectivity index (χ2n) is 8.15. The van der Waals surface area contributed by atoms with Crippen molar-refractivity contribution >= 4 is 26.6 Å². The Labute approximate surface area is 218 Å². The minimum absolute atomic E-state index is 0.0123. The molecule has 22 heteroatoms. The number of phosphoric ester groups is 1. The van der Waals surface area contributed by atoms with Gasteiger partial charge in [-0.2, -0.15) is 4.31 Å². The van der Waals surface area contributed by atoms with Gasteiger partial charge in [-0.15, -0.1) is 13.2 Å². The fraction of sp³-hybridized carbons (Fsp3) is 0.389. The number of aliphatic hydroxyl groups is 2. The monoisotopic (exact) mass is 619 g/mol. The summed E-state index contributed by atoms with van der Waals surface area (Å²) >= 11 is 0. The van der Waals surface area contributed by atoms with E-state index < -0.39 is 76.7 Å². The summed E-state index contributed by atoms with van der Waals surface area (Å²) in [6.45, 7) is -1.66. The molecule has 3 aromatic rings. The zero-order chi connectivity index (χ0) is 29.6. The van der Waals surface area contributed by atoms with Crippen LogP contribution in [0.5, 0.6) is 5.75 Å². The van der Waals surface area contributed by atoms with Gasteiger partial charge < -0.3 is 38.9 Å². The first-order chi connectivity index (χ1) is 18.4. The van der Waals surface area contributed by atoms with Crippen LogP contribution in [-0.4, -0.2) is 70.5 Å². The van der Waals surface area contributed by atoms with Crippen LogP contribution >= 0.6 is 15.6 Å². The highest BCUT2D eigenvalue weighted by molar-refractivity contribution is 7.60. The first-order valence-electron chi connectivity index (χ1n) is 10.7. The number of hydrogen-bond acceptors (Lipinski definition) is 12. The number of alkyl halides is 3. The molecule has 0 bridgehead atoms. The molecule has 1 saturated heterocycles. The van der Waals surface area contributed by atoms with E-state index in [4.69, 9.17) is 19.0 Å². The molecule has 0 aliphatic carbocycles. The molecule has 1 aliphatic heterocycles. The van der Waals surface area contributed by atoms with Crippen molar-refractivity contribution in [3.8, 4) is 5.75 Å². The molecule has 1 aliphatic rings. The average molecular weight is 619 g/mol. The molecule has 0 saturated carbocycles. The van der Waals surface area contributed by atoms with E-state index in [9.17, 15) is 47.0 Å². The zero-order valence-electron chi connectivity index (χ0n) is 19.4. The third-order valence-corrected chi connectivity index (χ3v) is 7.53. The Bertz CT molecular complexity index is 1610. The number of rotatable bonds is 9. The second kappa shape index (κ2) is 10.8. The molecule has 0 radical (unpaired) electrons. The van der Waals surface area contributed by atoms with Crippen LogP contribution in [0.4, 0.5) is 13.2 Å². The number of aromatic nitrogens is 3. The number of fused-ring (bicyclic) bond motifs is 1. The molecule has 220 valence electrons. The van der Waals surface area contributed by atoms with Crippen LogP contribution in [0.1, 0.15) is 11.9 Å². The highest BCUT2D eigenvalue weighted by Crippen LogP contribution is 2.57. The van der Waals surface area contributed by atoms with Gasteiger partial charge in [-0.1, -0.05) is 5.16 Å². The molecule has 1 unspecified atom stereocenters. The maximum atomic E-state index is 13.1. The number of benzene rings is 1. The molecule has 5 atom stereocenters. The Balaban J connectivity index is 1.58. The van der Waals surface area contributed by atoms with Gasteiger partial charge in [0.15, 0.2) is 11.8 Å². The Kier molecular flexibility index (Phi) is 8.14. The molecule has 40 heavy (non-hydrogen) atoms. The van der Waals surface area contributed by atoms with Gasteiger partial charge >= 0.3 is 27.7 Å². The van der Waals surface area contributed by atoms with Crippen molar-refractivity contribution in [2.45, 2.75) is 37.4 Å². The number of halogens is 3.